The molecule has 0 aromatic rings. The van der Waals surface area contributed by atoms with E-state index in [-0.39, 0.29) is 6.61 Å². The maximum atomic E-state index is 11.6. The number of sulfone groups is 2. The van der Waals surface area contributed by atoms with Crippen LogP contribution in [-0.2, 0) is 29.2 Å². The molecule has 1 saturated heterocycles. The minimum Gasteiger partial charge on any atom is -0.465 e. The van der Waals surface area contributed by atoms with E-state index in [1.807, 2.05) is 0 Å². The standard InChI is InChI=1S/C8H12O6S2/c1-3-14-8(9)7-6(2)15(10,11)4-5-16(7,12)13/h7H,2-5H2,1H3. The zero-order valence-corrected chi connectivity index (χ0v) is 10.3. The van der Waals surface area contributed by atoms with E-state index in [0.29, 0.717) is 0 Å². The summed E-state index contributed by atoms with van der Waals surface area (Å²) in [5.74, 6) is -2.17. The van der Waals surface area contributed by atoms with Crippen LogP contribution in [0.5, 0.6) is 0 Å². The molecule has 1 aliphatic rings. The summed E-state index contributed by atoms with van der Waals surface area (Å²) in [5, 5.41) is -1.77. The summed E-state index contributed by atoms with van der Waals surface area (Å²) in [6.45, 7) is 4.67. The lowest BCUT2D eigenvalue weighted by Crippen LogP contribution is -2.43. The molecule has 16 heavy (non-hydrogen) atoms. The third kappa shape index (κ3) is 2.27. The average molecular weight is 268 g/mol. The molecule has 8 heteroatoms. The van der Waals surface area contributed by atoms with E-state index in [9.17, 15) is 21.6 Å². The van der Waals surface area contributed by atoms with Crippen molar-refractivity contribution in [3.63, 3.8) is 0 Å². The Bertz CT molecular complexity index is 513. The largest absolute Gasteiger partial charge is 0.465 e. The molecule has 0 radical (unpaired) electrons. The summed E-state index contributed by atoms with van der Waals surface area (Å²) in [6, 6.07) is 0. The van der Waals surface area contributed by atoms with Gasteiger partial charge in [-0.2, -0.15) is 0 Å². The topological polar surface area (TPSA) is 94.6 Å². The van der Waals surface area contributed by atoms with Gasteiger partial charge in [-0.1, -0.05) is 6.58 Å². The molecule has 1 unspecified atom stereocenters. The number of hydrogen-bond acceptors (Lipinski definition) is 6. The molecule has 1 atom stereocenters. The third-order valence-corrected chi connectivity index (χ3v) is 6.34. The number of hydrogen-bond donors (Lipinski definition) is 0. The quantitative estimate of drug-likeness (QED) is 0.613. The van der Waals surface area contributed by atoms with E-state index in [0.717, 1.165) is 0 Å². The van der Waals surface area contributed by atoms with Gasteiger partial charge in [-0.3, -0.25) is 4.79 Å². The fraction of sp³-hybridized carbons (Fsp3) is 0.625. The molecule has 0 amide bonds. The van der Waals surface area contributed by atoms with Crippen LogP contribution in [0.2, 0.25) is 0 Å². The van der Waals surface area contributed by atoms with Gasteiger partial charge in [-0.05, 0) is 6.92 Å². The molecule has 1 fully saturated rings. The van der Waals surface area contributed by atoms with Crippen LogP contribution in [-0.4, -0.2) is 46.2 Å². The summed E-state index contributed by atoms with van der Waals surface area (Å²) in [7, 11) is -7.54. The molecule has 0 aliphatic carbocycles. The lowest BCUT2D eigenvalue weighted by atomic mass is 10.4. The first kappa shape index (κ1) is 13.2. The average Bonchev–Trinajstić information content (AvgIpc) is 2.13. The van der Waals surface area contributed by atoms with Crippen LogP contribution in [0.15, 0.2) is 11.5 Å². The fourth-order valence-corrected chi connectivity index (χ4v) is 5.70. The van der Waals surface area contributed by atoms with Crippen LogP contribution in [0.3, 0.4) is 0 Å². The first-order valence-corrected chi connectivity index (χ1v) is 7.89. The van der Waals surface area contributed by atoms with Gasteiger partial charge < -0.3 is 4.74 Å². The van der Waals surface area contributed by atoms with E-state index in [1.54, 1.807) is 0 Å². The maximum Gasteiger partial charge on any atom is 0.329 e. The van der Waals surface area contributed by atoms with Gasteiger partial charge >= 0.3 is 5.97 Å². The van der Waals surface area contributed by atoms with Gasteiger partial charge in [0, 0.05) is 0 Å². The minimum absolute atomic E-state index is 0.0157. The lowest BCUT2D eigenvalue weighted by molar-refractivity contribution is -0.141. The summed E-state index contributed by atoms with van der Waals surface area (Å²) in [4.78, 5) is 10.8. The predicted molar refractivity (Wildman–Crippen MR) is 57.1 cm³/mol. The zero-order valence-electron chi connectivity index (χ0n) is 8.67. The van der Waals surface area contributed by atoms with E-state index < -0.39 is 47.3 Å². The molecular weight excluding hydrogens is 256 g/mol. The second-order valence-electron chi connectivity index (χ2n) is 3.28. The van der Waals surface area contributed by atoms with Crippen molar-refractivity contribution in [2.75, 3.05) is 18.1 Å². The Hall–Kier alpha value is -0.890. The number of ether oxygens (including phenoxy) is 1. The molecule has 1 heterocycles. The van der Waals surface area contributed by atoms with Crippen molar-refractivity contribution in [3.05, 3.63) is 11.5 Å². The SMILES string of the molecule is C=C1C(C(=O)OCC)S(=O)(=O)CCS1(=O)=O. The molecule has 0 N–H and O–H groups in total. The van der Waals surface area contributed by atoms with Gasteiger partial charge in [-0.25, -0.2) is 16.8 Å². The Labute approximate surface area is 94.1 Å². The van der Waals surface area contributed by atoms with Crippen molar-refractivity contribution in [2.24, 2.45) is 0 Å². The Morgan fingerprint density at radius 3 is 2.44 bits per heavy atom. The van der Waals surface area contributed by atoms with Crippen molar-refractivity contribution in [1.29, 1.82) is 0 Å². The van der Waals surface area contributed by atoms with Gasteiger partial charge in [0.05, 0.1) is 23.0 Å². The lowest BCUT2D eigenvalue weighted by Gasteiger charge is -2.22. The molecule has 1 aliphatic heterocycles. The fourth-order valence-electron chi connectivity index (χ4n) is 1.33. The number of carbonyl (C=O) groups excluding carboxylic acids is 1. The van der Waals surface area contributed by atoms with E-state index in [2.05, 4.69) is 11.3 Å². The van der Waals surface area contributed by atoms with Crippen LogP contribution in [0.1, 0.15) is 6.92 Å². The molecule has 0 spiro atoms. The van der Waals surface area contributed by atoms with Crippen LogP contribution in [0.25, 0.3) is 0 Å². The molecule has 0 aromatic carbocycles. The second kappa shape index (κ2) is 4.17. The van der Waals surface area contributed by atoms with Crippen molar-refractivity contribution in [3.8, 4) is 0 Å². The van der Waals surface area contributed by atoms with Crippen molar-refractivity contribution >= 4 is 25.6 Å². The normalized spacial score (nSPS) is 27.3. The predicted octanol–water partition coefficient (Wildman–Crippen LogP) is -0.725. The first-order chi connectivity index (χ1) is 7.22. The molecule has 0 aromatic heterocycles. The van der Waals surface area contributed by atoms with Crippen LogP contribution in [0.4, 0.5) is 0 Å². The van der Waals surface area contributed by atoms with Crippen LogP contribution >= 0.6 is 0 Å². The molecule has 92 valence electrons. The highest BCUT2D eigenvalue weighted by Crippen LogP contribution is 2.25. The highest BCUT2D eigenvalue weighted by atomic mass is 32.2. The third-order valence-electron chi connectivity index (χ3n) is 2.19. The number of rotatable bonds is 2. The highest BCUT2D eigenvalue weighted by Gasteiger charge is 2.45. The summed E-state index contributed by atoms with van der Waals surface area (Å²) >= 11 is 0. The zero-order chi connectivity index (χ0) is 12.6. The van der Waals surface area contributed by atoms with Gasteiger partial charge in [0.25, 0.3) is 0 Å². The Morgan fingerprint density at radius 2 is 1.94 bits per heavy atom. The Kier molecular flexibility index (Phi) is 3.44. The van der Waals surface area contributed by atoms with E-state index in [1.165, 1.54) is 6.92 Å². The van der Waals surface area contributed by atoms with E-state index in [4.69, 9.17) is 0 Å². The summed E-state index contributed by atoms with van der Waals surface area (Å²) < 4.78 is 50.5. The number of carbonyl (C=O) groups is 1. The van der Waals surface area contributed by atoms with Gasteiger partial charge in [0.1, 0.15) is 0 Å². The molecule has 0 saturated carbocycles. The van der Waals surface area contributed by atoms with Crippen molar-refractivity contribution < 1.29 is 26.4 Å². The number of esters is 1. The molecule has 0 bridgehead atoms. The monoisotopic (exact) mass is 268 g/mol. The maximum absolute atomic E-state index is 11.6. The van der Waals surface area contributed by atoms with Crippen LogP contribution < -0.4 is 0 Å². The first-order valence-electron chi connectivity index (χ1n) is 4.52. The van der Waals surface area contributed by atoms with Gasteiger partial charge in [0.15, 0.2) is 24.9 Å². The van der Waals surface area contributed by atoms with E-state index >= 15 is 0 Å². The molecular formula is C8H12O6S2. The molecule has 6 nitrogen and oxygen atoms in total. The van der Waals surface area contributed by atoms with Crippen molar-refractivity contribution in [2.45, 2.75) is 12.2 Å². The van der Waals surface area contributed by atoms with Crippen LogP contribution in [0, 0.1) is 0 Å². The Balaban J connectivity index is 3.20. The summed E-state index contributed by atoms with van der Waals surface area (Å²) in [5.41, 5.74) is 0. The summed E-state index contributed by atoms with van der Waals surface area (Å²) in [6.07, 6.45) is 0. The Morgan fingerprint density at radius 1 is 1.38 bits per heavy atom. The highest BCUT2D eigenvalue weighted by molar-refractivity contribution is 8.02. The van der Waals surface area contributed by atoms with Crippen molar-refractivity contribution in [1.82, 2.24) is 0 Å². The molecule has 1 rings (SSSR count). The minimum atomic E-state index is -3.82. The smallest absolute Gasteiger partial charge is 0.329 e. The van der Waals surface area contributed by atoms with Gasteiger partial charge in [-0.15, -0.1) is 0 Å². The van der Waals surface area contributed by atoms with Gasteiger partial charge in [0.2, 0.25) is 0 Å². The second-order valence-corrected chi connectivity index (χ2v) is 7.65.